The van der Waals surface area contributed by atoms with E-state index in [9.17, 15) is 4.79 Å². The van der Waals surface area contributed by atoms with E-state index >= 15 is 0 Å². The van der Waals surface area contributed by atoms with E-state index in [-0.39, 0.29) is 5.91 Å². The Morgan fingerprint density at radius 2 is 1.86 bits per heavy atom. The van der Waals surface area contributed by atoms with Crippen LogP contribution < -0.4 is 4.90 Å². The van der Waals surface area contributed by atoms with Gasteiger partial charge in [0.1, 0.15) is 0 Å². The lowest BCUT2D eigenvalue weighted by atomic mass is 10.1. The first-order valence-electron chi connectivity index (χ1n) is 9.33. The molecule has 0 fully saturated rings. The Hall–Kier alpha value is -2.70. The van der Waals surface area contributed by atoms with Crippen LogP contribution >= 0.6 is 23.1 Å². The van der Waals surface area contributed by atoms with Gasteiger partial charge in [-0.3, -0.25) is 9.69 Å². The molecule has 0 spiro atoms. The fourth-order valence-corrected chi connectivity index (χ4v) is 4.88. The van der Waals surface area contributed by atoms with E-state index in [1.165, 1.54) is 11.3 Å². The molecular formula is C23H21N3OS2. The third-order valence-electron chi connectivity index (χ3n) is 4.80. The van der Waals surface area contributed by atoms with Gasteiger partial charge in [-0.2, -0.15) is 0 Å². The average molecular weight is 420 g/mol. The Bertz CT molecular complexity index is 1190. The summed E-state index contributed by atoms with van der Waals surface area (Å²) >= 11 is 3.15. The van der Waals surface area contributed by atoms with Crippen molar-refractivity contribution in [2.24, 2.45) is 0 Å². The summed E-state index contributed by atoms with van der Waals surface area (Å²) < 4.78 is 0. The molecule has 0 aliphatic heterocycles. The predicted octanol–water partition coefficient (Wildman–Crippen LogP) is 6.29. The molecular weight excluding hydrogens is 398 g/mol. The van der Waals surface area contributed by atoms with Crippen LogP contribution in [0, 0.1) is 13.8 Å². The third-order valence-corrected chi connectivity index (χ3v) is 6.64. The van der Waals surface area contributed by atoms with Crippen LogP contribution in [0.25, 0.3) is 10.9 Å². The number of benzene rings is 2. The summed E-state index contributed by atoms with van der Waals surface area (Å²) in [6.45, 7) is 5.67. The quantitative estimate of drug-likeness (QED) is 0.357. The number of anilines is 2. The number of hydrogen-bond acceptors (Lipinski definition) is 5. The monoisotopic (exact) mass is 419 g/mol. The highest BCUT2D eigenvalue weighted by atomic mass is 32.2. The van der Waals surface area contributed by atoms with Crippen LogP contribution in [0.2, 0.25) is 0 Å². The minimum absolute atomic E-state index is 0.0385. The van der Waals surface area contributed by atoms with Crippen LogP contribution in [0.15, 0.2) is 65.0 Å². The van der Waals surface area contributed by atoms with Gasteiger partial charge in [0.05, 0.1) is 21.9 Å². The van der Waals surface area contributed by atoms with Gasteiger partial charge in [-0.25, -0.2) is 9.97 Å². The smallest absolute Gasteiger partial charge is 0.230 e. The first-order chi connectivity index (χ1) is 14.0. The molecule has 146 valence electrons. The largest absolute Gasteiger partial charge is 0.274 e. The van der Waals surface area contributed by atoms with Crippen molar-refractivity contribution in [3.8, 4) is 0 Å². The van der Waals surface area contributed by atoms with E-state index in [4.69, 9.17) is 9.97 Å². The standard InChI is InChI=1S/C23H21N3OS2/c1-15-7-6-10-21(16(15)2)26(17(3)27)23-24-19(14-29-23)13-28-22-12-11-18-8-4-5-9-20(18)25-22/h4-12,14H,13H2,1-3H3. The molecule has 0 bridgehead atoms. The number of nitrogens with zero attached hydrogens (tertiary/aromatic N) is 3. The lowest BCUT2D eigenvalue weighted by Crippen LogP contribution is -2.23. The van der Waals surface area contributed by atoms with E-state index in [2.05, 4.69) is 25.1 Å². The van der Waals surface area contributed by atoms with Crippen molar-refractivity contribution < 1.29 is 4.79 Å². The van der Waals surface area contributed by atoms with E-state index in [0.29, 0.717) is 10.9 Å². The van der Waals surface area contributed by atoms with Crippen molar-refractivity contribution in [3.63, 3.8) is 0 Å². The molecule has 2 aromatic heterocycles. The highest BCUT2D eigenvalue weighted by molar-refractivity contribution is 7.98. The van der Waals surface area contributed by atoms with E-state index in [1.54, 1.807) is 23.6 Å². The number of pyridine rings is 1. The molecule has 1 amide bonds. The van der Waals surface area contributed by atoms with Crippen molar-refractivity contribution in [2.45, 2.75) is 31.6 Å². The Kier molecular flexibility index (Phi) is 5.65. The van der Waals surface area contributed by atoms with Crippen LogP contribution in [0.4, 0.5) is 10.8 Å². The topological polar surface area (TPSA) is 46.1 Å². The van der Waals surface area contributed by atoms with Gasteiger partial charge in [-0.1, -0.05) is 48.2 Å². The summed E-state index contributed by atoms with van der Waals surface area (Å²) in [6, 6.07) is 18.2. The second-order valence-electron chi connectivity index (χ2n) is 6.83. The molecule has 4 nitrogen and oxygen atoms in total. The van der Waals surface area contributed by atoms with Gasteiger partial charge in [0.25, 0.3) is 0 Å². The maximum Gasteiger partial charge on any atom is 0.230 e. The van der Waals surface area contributed by atoms with Gasteiger partial charge >= 0.3 is 0 Å². The number of aryl methyl sites for hydroxylation is 1. The summed E-state index contributed by atoms with van der Waals surface area (Å²) in [5.41, 5.74) is 5.08. The Morgan fingerprint density at radius 1 is 1.03 bits per heavy atom. The molecule has 2 heterocycles. The molecule has 0 atom stereocenters. The van der Waals surface area contributed by atoms with Crippen LogP contribution in [-0.2, 0) is 10.5 Å². The minimum Gasteiger partial charge on any atom is -0.274 e. The van der Waals surface area contributed by atoms with Crippen molar-refractivity contribution >= 4 is 50.7 Å². The highest BCUT2D eigenvalue weighted by Gasteiger charge is 2.20. The zero-order valence-corrected chi connectivity index (χ0v) is 18.2. The molecule has 0 radical (unpaired) electrons. The van der Waals surface area contributed by atoms with Crippen molar-refractivity contribution in [3.05, 3.63) is 76.8 Å². The number of thioether (sulfide) groups is 1. The Morgan fingerprint density at radius 3 is 2.69 bits per heavy atom. The maximum atomic E-state index is 12.4. The van der Waals surface area contributed by atoms with Crippen LogP contribution in [0.3, 0.4) is 0 Å². The maximum absolute atomic E-state index is 12.4. The van der Waals surface area contributed by atoms with Gasteiger partial charge < -0.3 is 0 Å². The highest BCUT2D eigenvalue weighted by Crippen LogP contribution is 2.33. The van der Waals surface area contributed by atoms with Gasteiger partial charge in [0.2, 0.25) is 5.91 Å². The van der Waals surface area contributed by atoms with Crippen molar-refractivity contribution in [1.29, 1.82) is 0 Å². The van der Waals surface area contributed by atoms with Crippen LogP contribution in [0.5, 0.6) is 0 Å². The molecule has 0 unspecified atom stereocenters. The van der Waals surface area contributed by atoms with Gasteiger partial charge in [0, 0.05) is 23.4 Å². The molecule has 0 saturated carbocycles. The zero-order valence-electron chi connectivity index (χ0n) is 16.5. The number of rotatable bonds is 5. The lowest BCUT2D eigenvalue weighted by Gasteiger charge is -2.21. The Labute approximate surface area is 178 Å². The second-order valence-corrected chi connectivity index (χ2v) is 8.66. The molecule has 2 aromatic carbocycles. The summed E-state index contributed by atoms with van der Waals surface area (Å²) in [6.07, 6.45) is 0. The molecule has 29 heavy (non-hydrogen) atoms. The predicted molar refractivity (Wildman–Crippen MR) is 122 cm³/mol. The molecule has 4 rings (SSSR count). The summed E-state index contributed by atoms with van der Waals surface area (Å²) in [7, 11) is 0. The number of carbonyl (C=O) groups excluding carboxylic acids is 1. The molecule has 0 aliphatic carbocycles. The lowest BCUT2D eigenvalue weighted by molar-refractivity contribution is -0.115. The molecule has 6 heteroatoms. The fraction of sp³-hybridized carbons (Fsp3) is 0.174. The Balaban J connectivity index is 1.54. The number of para-hydroxylation sites is 1. The fourth-order valence-electron chi connectivity index (χ4n) is 3.13. The first kappa shape index (κ1) is 19.6. The number of aromatic nitrogens is 2. The van der Waals surface area contributed by atoms with Crippen LogP contribution in [0.1, 0.15) is 23.7 Å². The summed E-state index contributed by atoms with van der Waals surface area (Å²) in [4.78, 5) is 23.5. The minimum atomic E-state index is -0.0385. The van der Waals surface area contributed by atoms with Crippen molar-refractivity contribution in [2.75, 3.05) is 4.90 Å². The van der Waals surface area contributed by atoms with E-state index < -0.39 is 0 Å². The summed E-state index contributed by atoms with van der Waals surface area (Å²) in [5.74, 6) is 0.670. The number of carbonyl (C=O) groups is 1. The molecule has 4 aromatic rings. The normalized spacial score (nSPS) is 11.0. The van der Waals surface area contributed by atoms with Gasteiger partial charge in [0.15, 0.2) is 5.13 Å². The number of hydrogen-bond donors (Lipinski definition) is 0. The molecule has 0 saturated heterocycles. The number of amides is 1. The van der Waals surface area contributed by atoms with E-state index in [1.807, 2.05) is 48.7 Å². The molecule has 0 N–H and O–H groups in total. The SMILES string of the molecule is CC(=O)N(c1nc(CSc2ccc3ccccc3n2)cs1)c1cccc(C)c1C. The average Bonchev–Trinajstić information content (AvgIpc) is 3.18. The summed E-state index contributed by atoms with van der Waals surface area (Å²) in [5, 5.41) is 4.83. The van der Waals surface area contributed by atoms with E-state index in [0.717, 1.165) is 38.4 Å². The number of fused-ring (bicyclic) bond motifs is 1. The van der Waals surface area contributed by atoms with Crippen molar-refractivity contribution in [1.82, 2.24) is 9.97 Å². The third kappa shape index (κ3) is 4.18. The second kappa shape index (κ2) is 8.35. The molecule has 0 aliphatic rings. The number of thiazole rings is 1. The van der Waals surface area contributed by atoms with Gasteiger partial charge in [-0.15, -0.1) is 11.3 Å². The van der Waals surface area contributed by atoms with Gasteiger partial charge in [-0.05, 0) is 43.2 Å². The first-order valence-corrected chi connectivity index (χ1v) is 11.2. The zero-order chi connectivity index (χ0) is 20.4. The van der Waals surface area contributed by atoms with Crippen LogP contribution in [-0.4, -0.2) is 15.9 Å².